The second kappa shape index (κ2) is 9.01. The first-order chi connectivity index (χ1) is 15.6. The molecule has 7 heteroatoms. The van der Waals surface area contributed by atoms with Crippen molar-refractivity contribution in [2.75, 3.05) is 12.4 Å². The number of aliphatic imine (C=N–C) groups is 1. The van der Waals surface area contributed by atoms with Crippen LogP contribution in [0.4, 0.5) is 10.2 Å². The Labute approximate surface area is 185 Å². The number of H-pyrrole nitrogens is 1. The van der Waals surface area contributed by atoms with E-state index in [4.69, 9.17) is 9.98 Å². The Kier molecular flexibility index (Phi) is 5.98. The predicted molar refractivity (Wildman–Crippen MR) is 127 cm³/mol. The lowest BCUT2D eigenvalue weighted by atomic mass is 10.1. The van der Waals surface area contributed by atoms with Crippen LogP contribution < -0.4 is 10.9 Å². The Morgan fingerprint density at radius 3 is 2.72 bits per heavy atom. The molecule has 0 aliphatic heterocycles. The summed E-state index contributed by atoms with van der Waals surface area (Å²) >= 11 is 0. The van der Waals surface area contributed by atoms with E-state index in [1.54, 1.807) is 30.3 Å². The van der Waals surface area contributed by atoms with Gasteiger partial charge in [-0.3, -0.25) is 14.4 Å². The van der Waals surface area contributed by atoms with Crippen molar-refractivity contribution < 1.29 is 4.39 Å². The molecule has 2 aromatic carbocycles. The molecule has 2 aromatic heterocycles. The molecule has 0 bridgehead atoms. The minimum absolute atomic E-state index is 0.0361. The van der Waals surface area contributed by atoms with E-state index < -0.39 is 17.4 Å². The number of aromatic nitrogens is 3. The molecule has 4 rings (SSSR count). The van der Waals surface area contributed by atoms with Gasteiger partial charge in [0.2, 0.25) is 0 Å². The molecule has 2 N–H and O–H groups in total. The fourth-order valence-electron chi connectivity index (χ4n) is 3.78. The Balaban J connectivity index is 1.99. The van der Waals surface area contributed by atoms with E-state index in [0.717, 1.165) is 11.4 Å². The summed E-state index contributed by atoms with van der Waals surface area (Å²) in [6.07, 6.45) is 4.08. The van der Waals surface area contributed by atoms with Crippen LogP contribution in [-0.2, 0) is 0 Å². The number of rotatable bonds is 7. The second-order valence-electron chi connectivity index (χ2n) is 7.24. The summed E-state index contributed by atoms with van der Waals surface area (Å²) in [5.74, 6) is 0.667. The molecule has 0 saturated heterocycles. The maximum Gasteiger partial charge on any atom is 0.269 e. The highest BCUT2D eigenvalue weighted by atomic mass is 19.1. The number of para-hydroxylation sites is 1. The van der Waals surface area contributed by atoms with Crippen LogP contribution in [0, 0.1) is 5.82 Å². The summed E-state index contributed by atoms with van der Waals surface area (Å²) < 4.78 is 16.0. The topological polar surface area (TPSA) is 75.1 Å². The molecule has 0 spiro atoms. The van der Waals surface area contributed by atoms with Gasteiger partial charge in [-0.25, -0.2) is 9.37 Å². The second-order valence-corrected chi connectivity index (χ2v) is 7.24. The van der Waals surface area contributed by atoms with Gasteiger partial charge in [0, 0.05) is 18.8 Å². The standard InChI is InChI=1S/C25H24FN5O/c1-4-19(17-14-15-28-23(17)27-3)29-20(5-2)24-30-21-13-9-12-18(26)22(21)25(32)31(24)16-10-7-6-8-11-16/h4,6-15,20,27-28H,1,5H2,2-3H3/t20-/m0/s1. The van der Waals surface area contributed by atoms with Gasteiger partial charge in [0.25, 0.3) is 5.56 Å². The summed E-state index contributed by atoms with van der Waals surface area (Å²) in [5, 5.41) is 3.07. The molecular weight excluding hydrogens is 405 g/mol. The fourth-order valence-corrected chi connectivity index (χ4v) is 3.78. The minimum Gasteiger partial charge on any atom is -0.374 e. The molecule has 2 heterocycles. The Bertz CT molecular complexity index is 1350. The van der Waals surface area contributed by atoms with Gasteiger partial charge < -0.3 is 10.3 Å². The van der Waals surface area contributed by atoms with Gasteiger partial charge >= 0.3 is 0 Å². The number of fused-ring (bicyclic) bond motifs is 1. The average molecular weight is 429 g/mol. The van der Waals surface area contributed by atoms with Crippen LogP contribution in [0.2, 0.25) is 0 Å². The van der Waals surface area contributed by atoms with Gasteiger partial charge in [-0.1, -0.05) is 37.8 Å². The molecule has 0 aliphatic rings. The highest BCUT2D eigenvalue weighted by Gasteiger charge is 2.22. The first-order valence-electron chi connectivity index (χ1n) is 10.4. The van der Waals surface area contributed by atoms with Crippen LogP contribution in [0.15, 0.2) is 83.2 Å². The summed E-state index contributed by atoms with van der Waals surface area (Å²) in [5.41, 5.74) is 1.98. The fraction of sp³-hybridized carbons (Fsp3) is 0.160. The molecule has 0 amide bonds. The van der Waals surface area contributed by atoms with Crippen LogP contribution in [0.3, 0.4) is 0 Å². The number of aromatic amines is 1. The molecule has 6 nitrogen and oxygen atoms in total. The maximum absolute atomic E-state index is 14.6. The smallest absolute Gasteiger partial charge is 0.269 e. The SMILES string of the molecule is C=CC(=N[C@@H](CC)c1nc2cccc(F)c2c(=O)n1-c1ccccc1)c1cc[nH]c1NC. The molecule has 1 atom stereocenters. The number of hydrogen-bond acceptors (Lipinski definition) is 4. The maximum atomic E-state index is 14.6. The van der Waals surface area contributed by atoms with E-state index in [2.05, 4.69) is 16.9 Å². The van der Waals surface area contributed by atoms with E-state index >= 15 is 0 Å². The van der Waals surface area contributed by atoms with Crippen molar-refractivity contribution in [2.45, 2.75) is 19.4 Å². The van der Waals surface area contributed by atoms with E-state index in [0.29, 0.717) is 29.2 Å². The number of hydrogen-bond donors (Lipinski definition) is 2. The number of nitrogens with one attached hydrogen (secondary N) is 2. The molecule has 162 valence electrons. The molecule has 0 radical (unpaired) electrons. The lowest BCUT2D eigenvalue weighted by Gasteiger charge is -2.19. The van der Waals surface area contributed by atoms with E-state index in [1.807, 2.05) is 44.4 Å². The van der Waals surface area contributed by atoms with Gasteiger partial charge in [0.15, 0.2) is 0 Å². The molecule has 0 aliphatic carbocycles. The van der Waals surface area contributed by atoms with Gasteiger partial charge in [-0.15, -0.1) is 0 Å². The number of benzene rings is 2. The van der Waals surface area contributed by atoms with Crippen LogP contribution >= 0.6 is 0 Å². The first-order valence-corrected chi connectivity index (χ1v) is 10.4. The van der Waals surface area contributed by atoms with Gasteiger partial charge in [0.1, 0.15) is 28.9 Å². The molecule has 0 unspecified atom stereocenters. The van der Waals surface area contributed by atoms with E-state index in [-0.39, 0.29) is 5.39 Å². The molecule has 0 saturated carbocycles. The Hall–Kier alpha value is -4.00. The van der Waals surface area contributed by atoms with Crippen molar-refractivity contribution in [1.29, 1.82) is 0 Å². The molecular formula is C25H24FN5O. The highest BCUT2D eigenvalue weighted by molar-refractivity contribution is 6.11. The third-order valence-corrected chi connectivity index (χ3v) is 5.33. The average Bonchev–Trinajstić information content (AvgIpc) is 3.29. The first kappa shape index (κ1) is 21.2. The van der Waals surface area contributed by atoms with Crippen LogP contribution in [0.25, 0.3) is 16.6 Å². The van der Waals surface area contributed by atoms with Crippen LogP contribution in [-0.4, -0.2) is 27.3 Å². The summed E-state index contributed by atoms with van der Waals surface area (Å²) in [6.45, 7) is 5.90. The lowest BCUT2D eigenvalue weighted by molar-refractivity contribution is 0.616. The zero-order valence-electron chi connectivity index (χ0n) is 18.0. The minimum atomic E-state index is -0.592. The zero-order chi connectivity index (χ0) is 22.7. The van der Waals surface area contributed by atoms with Crippen molar-refractivity contribution in [3.05, 3.63) is 101 Å². The Morgan fingerprint density at radius 2 is 2.03 bits per heavy atom. The highest BCUT2D eigenvalue weighted by Crippen LogP contribution is 2.26. The summed E-state index contributed by atoms with van der Waals surface area (Å²) in [4.78, 5) is 26.2. The van der Waals surface area contributed by atoms with Crippen molar-refractivity contribution in [1.82, 2.24) is 14.5 Å². The summed E-state index contributed by atoms with van der Waals surface area (Å²) in [7, 11) is 1.82. The predicted octanol–water partition coefficient (Wildman–Crippen LogP) is 5.02. The van der Waals surface area contributed by atoms with Crippen molar-refractivity contribution in [3.8, 4) is 5.69 Å². The number of halogens is 1. The quantitative estimate of drug-likeness (QED) is 0.405. The molecule has 0 fully saturated rings. The zero-order valence-corrected chi connectivity index (χ0v) is 18.0. The van der Waals surface area contributed by atoms with Crippen molar-refractivity contribution in [3.63, 3.8) is 0 Å². The van der Waals surface area contributed by atoms with E-state index in [1.165, 1.54) is 10.6 Å². The van der Waals surface area contributed by atoms with Crippen LogP contribution in [0.5, 0.6) is 0 Å². The van der Waals surface area contributed by atoms with Gasteiger partial charge in [-0.2, -0.15) is 0 Å². The number of anilines is 1. The van der Waals surface area contributed by atoms with Gasteiger partial charge in [-0.05, 0) is 42.8 Å². The lowest BCUT2D eigenvalue weighted by Crippen LogP contribution is -2.26. The van der Waals surface area contributed by atoms with Crippen LogP contribution in [0.1, 0.15) is 30.8 Å². The summed E-state index contributed by atoms with van der Waals surface area (Å²) in [6, 6.07) is 15.1. The third-order valence-electron chi connectivity index (χ3n) is 5.33. The normalized spacial score (nSPS) is 12.7. The van der Waals surface area contributed by atoms with Crippen molar-refractivity contribution >= 4 is 22.4 Å². The number of allylic oxidation sites excluding steroid dienone is 1. The monoisotopic (exact) mass is 429 g/mol. The molecule has 32 heavy (non-hydrogen) atoms. The van der Waals surface area contributed by atoms with Gasteiger partial charge in [0.05, 0.1) is 16.9 Å². The van der Waals surface area contributed by atoms with E-state index in [9.17, 15) is 9.18 Å². The number of nitrogens with zero attached hydrogens (tertiary/aromatic N) is 3. The van der Waals surface area contributed by atoms with Crippen molar-refractivity contribution in [2.24, 2.45) is 4.99 Å². The Morgan fingerprint density at radius 1 is 1.25 bits per heavy atom. The third kappa shape index (κ3) is 3.73. The largest absolute Gasteiger partial charge is 0.374 e. The molecule has 4 aromatic rings.